The molecule has 16 heavy (non-hydrogen) atoms. The highest BCUT2D eigenvalue weighted by atomic mass is 19.1. The highest BCUT2D eigenvalue weighted by Crippen LogP contribution is 2.25. The third-order valence-electron chi connectivity index (χ3n) is 2.51. The topological polar surface area (TPSA) is 18.5 Å². The molecule has 0 unspecified atom stereocenters. The Labute approximate surface area is 94.7 Å². The van der Waals surface area contributed by atoms with Crippen LogP contribution in [0.2, 0.25) is 0 Å². The summed E-state index contributed by atoms with van der Waals surface area (Å²) in [6, 6.07) is 4.96. The van der Waals surface area contributed by atoms with Gasteiger partial charge in [-0.25, -0.2) is 4.39 Å². The molecule has 1 aliphatic heterocycles. The van der Waals surface area contributed by atoms with E-state index < -0.39 is 0 Å². The lowest BCUT2D eigenvalue weighted by Crippen LogP contribution is -2.06. The minimum Gasteiger partial charge on any atom is -0.494 e. The van der Waals surface area contributed by atoms with E-state index in [0.717, 1.165) is 18.6 Å². The monoisotopic (exact) mass is 222 g/mol. The van der Waals surface area contributed by atoms with E-state index in [-0.39, 0.29) is 5.82 Å². The molecule has 1 aromatic carbocycles. The Balaban J connectivity index is 2.24. The molecule has 0 bridgehead atoms. The molecular formula is C13H15FO2. The number of hydrogen-bond acceptors (Lipinski definition) is 2. The molecule has 0 aliphatic carbocycles. The first-order chi connectivity index (χ1) is 7.81. The van der Waals surface area contributed by atoms with Gasteiger partial charge in [-0.05, 0) is 31.1 Å². The molecule has 3 heteroatoms. The molecule has 0 radical (unpaired) electrons. The molecule has 0 amide bonds. The number of hydrogen-bond donors (Lipinski definition) is 0. The molecule has 0 saturated heterocycles. The van der Waals surface area contributed by atoms with Crippen LogP contribution in [-0.2, 0) is 4.74 Å². The van der Waals surface area contributed by atoms with Crippen molar-refractivity contribution in [1.82, 2.24) is 0 Å². The number of halogens is 1. The van der Waals surface area contributed by atoms with Gasteiger partial charge < -0.3 is 9.47 Å². The normalized spacial score (nSPS) is 15.8. The van der Waals surface area contributed by atoms with Gasteiger partial charge in [-0.15, -0.1) is 0 Å². The predicted octanol–water partition coefficient (Wildman–Crippen LogP) is 3.03. The van der Waals surface area contributed by atoms with Gasteiger partial charge in [-0.3, -0.25) is 0 Å². The molecule has 0 N–H and O–H groups in total. The molecule has 2 nitrogen and oxygen atoms in total. The Kier molecular flexibility index (Phi) is 3.57. The molecule has 86 valence electrons. The Morgan fingerprint density at radius 3 is 2.94 bits per heavy atom. The van der Waals surface area contributed by atoms with Crippen molar-refractivity contribution in [1.29, 1.82) is 0 Å². The Hall–Kier alpha value is -1.35. The van der Waals surface area contributed by atoms with E-state index in [1.807, 2.05) is 13.0 Å². The first kappa shape index (κ1) is 11.1. The Morgan fingerprint density at radius 1 is 1.44 bits per heavy atom. The van der Waals surface area contributed by atoms with Crippen molar-refractivity contribution in [2.24, 2.45) is 0 Å². The third kappa shape index (κ3) is 2.42. The highest BCUT2D eigenvalue weighted by molar-refractivity contribution is 5.67. The number of ether oxygens (including phenoxy) is 2. The van der Waals surface area contributed by atoms with Crippen LogP contribution in [0.4, 0.5) is 4.39 Å². The second kappa shape index (κ2) is 5.12. The highest BCUT2D eigenvalue weighted by Gasteiger charge is 2.11. The van der Waals surface area contributed by atoms with Crippen molar-refractivity contribution >= 4 is 5.57 Å². The largest absolute Gasteiger partial charge is 0.494 e. The van der Waals surface area contributed by atoms with Crippen molar-refractivity contribution in [3.63, 3.8) is 0 Å². The second-order valence-electron chi connectivity index (χ2n) is 3.65. The molecule has 2 rings (SSSR count). The lowest BCUT2D eigenvalue weighted by Gasteiger charge is -2.15. The van der Waals surface area contributed by atoms with E-state index in [2.05, 4.69) is 0 Å². The summed E-state index contributed by atoms with van der Waals surface area (Å²) in [7, 11) is 0. The van der Waals surface area contributed by atoms with Crippen LogP contribution < -0.4 is 4.74 Å². The van der Waals surface area contributed by atoms with Gasteiger partial charge in [0.05, 0.1) is 19.8 Å². The van der Waals surface area contributed by atoms with Crippen LogP contribution in [0.3, 0.4) is 0 Å². The number of benzene rings is 1. The maximum absolute atomic E-state index is 13.8. The average Bonchev–Trinajstić information content (AvgIpc) is 2.31. The fourth-order valence-electron chi connectivity index (χ4n) is 1.76. The minimum absolute atomic E-state index is 0.247. The maximum atomic E-state index is 13.8. The van der Waals surface area contributed by atoms with Gasteiger partial charge in [-0.1, -0.05) is 6.08 Å². The van der Waals surface area contributed by atoms with Gasteiger partial charge in [0.1, 0.15) is 11.6 Å². The second-order valence-corrected chi connectivity index (χ2v) is 3.65. The molecule has 1 aliphatic rings. The van der Waals surface area contributed by atoms with E-state index in [9.17, 15) is 4.39 Å². The van der Waals surface area contributed by atoms with E-state index in [1.165, 1.54) is 6.07 Å². The average molecular weight is 222 g/mol. The van der Waals surface area contributed by atoms with Crippen LogP contribution in [0.15, 0.2) is 24.3 Å². The van der Waals surface area contributed by atoms with Gasteiger partial charge in [0, 0.05) is 11.6 Å². The Bertz CT molecular complexity index is 399. The molecule has 0 fully saturated rings. The van der Waals surface area contributed by atoms with Gasteiger partial charge in [0.15, 0.2) is 0 Å². The van der Waals surface area contributed by atoms with E-state index >= 15 is 0 Å². The summed E-state index contributed by atoms with van der Waals surface area (Å²) >= 11 is 0. The Morgan fingerprint density at radius 2 is 2.31 bits per heavy atom. The standard InChI is InChI=1S/C13H15FO2/c1-2-16-11-5-6-12(13(14)8-11)10-4-3-7-15-9-10/h4-6,8H,2-3,7,9H2,1H3. The van der Waals surface area contributed by atoms with Gasteiger partial charge in [0.2, 0.25) is 0 Å². The van der Waals surface area contributed by atoms with Gasteiger partial charge >= 0.3 is 0 Å². The van der Waals surface area contributed by atoms with Crippen LogP contribution in [0.5, 0.6) is 5.75 Å². The van der Waals surface area contributed by atoms with Crippen LogP contribution in [0.1, 0.15) is 18.9 Å². The summed E-state index contributed by atoms with van der Waals surface area (Å²) in [5.41, 5.74) is 1.54. The quantitative estimate of drug-likeness (QED) is 0.782. The molecule has 0 spiro atoms. The minimum atomic E-state index is -0.247. The number of rotatable bonds is 3. The zero-order chi connectivity index (χ0) is 11.4. The molecule has 1 aromatic rings. The molecule has 0 atom stereocenters. The fourth-order valence-corrected chi connectivity index (χ4v) is 1.76. The summed E-state index contributed by atoms with van der Waals surface area (Å²) < 4.78 is 24.3. The van der Waals surface area contributed by atoms with Crippen molar-refractivity contribution in [2.45, 2.75) is 13.3 Å². The summed E-state index contributed by atoms with van der Waals surface area (Å²) in [6.45, 7) is 3.64. The lowest BCUT2D eigenvalue weighted by molar-refractivity contribution is 0.164. The van der Waals surface area contributed by atoms with Crippen LogP contribution in [-0.4, -0.2) is 19.8 Å². The zero-order valence-corrected chi connectivity index (χ0v) is 9.33. The third-order valence-corrected chi connectivity index (χ3v) is 2.51. The van der Waals surface area contributed by atoms with Crippen molar-refractivity contribution < 1.29 is 13.9 Å². The zero-order valence-electron chi connectivity index (χ0n) is 9.33. The molecule has 1 heterocycles. The maximum Gasteiger partial charge on any atom is 0.134 e. The SMILES string of the molecule is CCOc1ccc(C2=CCCOC2)c(F)c1. The van der Waals surface area contributed by atoms with E-state index in [1.54, 1.807) is 12.1 Å². The lowest BCUT2D eigenvalue weighted by atomic mass is 10.0. The smallest absolute Gasteiger partial charge is 0.134 e. The van der Waals surface area contributed by atoms with E-state index in [0.29, 0.717) is 24.5 Å². The van der Waals surface area contributed by atoms with Crippen molar-refractivity contribution in [2.75, 3.05) is 19.8 Å². The molecular weight excluding hydrogens is 207 g/mol. The molecule has 0 saturated carbocycles. The predicted molar refractivity (Wildman–Crippen MR) is 61.0 cm³/mol. The van der Waals surface area contributed by atoms with Crippen LogP contribution >= 0.6 is 0 Å². The molecule has 0 aromatic heterocycles. The first-order valence-corrected chi connectivity index (χ1v) is 5.50. The summed E-state index contributed by atoms with van der Waals surface area (Å²) in [4.78, 5) is 0. The van der Waals surface area contributed by atoms with E-state index in [4.69, 9.17) is 9.47 Å². The van der Waals surface area contributed by atoms with Gasteiger partial charge in [-0.2, -0.15) is 0 Å². The first-order valence-electron chi connectivity index (χ1n) is 5.50. The van der Waals surface area contributed by atoms with Crippen molar-refractivity contribution in [3.05, 3.63) is 35.7 Å². The summed E-state index contributed by atoms with van der Waals surface area (Å²) in [5, 5.41) is 0. The van der Waals surface area contributed by atoms with Crippen LogP contribution in [0.25, 0.3) is 5.57 Å². The van der Waals surface area contributed by atoms with Crippen molar-refractivity contribution in [3.8, 4) is 5.75 Å². The van der Waals surface area contributed by atoms with Crippen LogP contribution in [0, 0.1) is 5.82 Å². The summed E-state index contributed by atoms with van der Waals surface area (Å²) in [5.74, 6) is 0.323. The fraction of sp³-hybridized carbons (Fsp3) is 0.385. The van der Waals surface area contributed by atoms with Gasteiger partial charge in [0.25, 0.3) is 0 Å². The summed E-state index contributed by atoms with van der Waals surface area (Å²) in [6.07, 6.45) is 2.88.